The molecule has 0 unspecified atom stereocenters. The molecule has 28 heteroatoms. The second-order valence-corrected chi connectivity index (χ2v) is 23.9. The number of hydrogen-bond acceptors (Lipinski definition) is 24. The highest BCUT2D eigenvalue weighted by Crippen LogP contribution is 2.32. The van der Waals surface area contributed by atoms with E-state index in [1.807, 2.05) is 19.6 Å². The molecule has 2 aromatic rings. The summed E-state index contributed by atoms with van der Waals surface area (Å²) in [6.45, 7) is 6.66. The minimum Gasteiger partial charge on any atom is -0.469 e. The summed E-state index contributed by atoms with van der Waals surface area (Å²) in [4.78, 5) is 161. The van der Waals surface area contributed by atoms with Gasteiger partial charge in [0, 0.05) is 78.5 Å². The Balaban J connectivity index is 1.92. The van der Waals surface area contributed by atoms with Gasteiger partial charge in [0.05, 0.1) is 130 Å². The number of benzene rings is 2. The Morgan fingerprint density at radius 3 is 0.571 bits per heavy atom. The first-order chi connectivity index (χ1) is 47.2. The van der Waals surface area contributed by atoms with Crippen molar-refractivity contribution in [2.24, 2.45) is 0 Å². The van der Waals surface area contributed by atoms with Crippen LogP contribution in [0.15, 0.2) is 24.3 Å². The van der Waals surface area contributed by atoms with Crippen LogP contribution in [-0.2, 0) is 89.1 Å². The highest BCUT2D eigenvalue weighted by molar-refractivity contribution is 6.09. The zero-order valence-electron chi connectivity index (χ0n) is 59.1. The first-order valence-electron chi connectivity index (χ1n) is 34.1. The number of amides is 4. The molecule has 28 nitrogen and oxygen atoms in total. The second kappa shape index (κ2) is 49.4. The van der Waals surface area contributed by atoms with E-state index in [2.05, 4.69) is 21.3 Å². The molecule has 0 saturated carbocycles. The predicted octanol–water partition coefficient (Wildman–Crippen LogP) is 4.49. The lowest BCUT2D eigenvalue weighted by atomic mass is 9.81. The number of rotatable bonds is 52. The van der Waals surface area contributed by atoms with Crippen LogP contribution < -0.4 is 21.3 Å². The summed E-state index contributed by atoms with van der Waals surface area (Å²) in [5.74, 6) is -4.75. The van der Waals surface area contributed by atoms with Crippen molar-refractivity contribution in [3.63, 3.8) is 0 Å². The van der Waals surface area contributed by atoms with E-state index in [9.17, 15) is 57.5 Å². The number of carbonyl (C=O) groups is 12. The number of methoxy groups -OCH3 is 8. The third kappa shape index (κ3) is 33.9. The van der Waals surface area contributed by atoms with Crippen LogP contribution in [0.1, 0.15) is 192 Å². The van der Waals surface area contributed by atoms with Crippen molar-refractivity contribution in [3.05, 3.63) is 68.8 Å². The van der Waals surface area contributed by atoms with Crippen LogP contribution >= 0.6 is 0 Å². The highest BCUT2D eigenvalue weighted by Gasteiger charge is 2.28. The van der Waals surface area contributed by atoms with Gasteiger partial charge in [-0.3, -0.25) is 57.5 Å². The van der Waals surface area contributed by atoms with E-state index in [4.69, 9.17) is 37.9 Å². The average molecular weight is 1380 g/mol. The van der Waals surface area contributed by atoms with Crippen molar-refractivity contribution in [1.29, 1.82) is 0 Å². The molecule has 0 spiro atoms. The van der Waals surface area contributed by atoms with Gasteiger partial charge in [-0.05, 0) is 137 Å². The Morgan fingerprint density at radius 1 is 0.255 bits per heavy atom. The number of hydrogen-bond donors (Lipinski definition) is 4. The van der Waals surface area contributed by atoms with Crippen LogP contribution in [0.4, 0.5) is 0 Å². The Labute approximate surface area is 577 Å². The number of esters is 8. The van der Waals surface area contributed by atoms with Crippen LogP contribution in [0.25, 0.3) is 0 Å². The van der Waals surface area contributed by atoms with Crippen LogP contribution in [-0.4, -0.2) is 253 Å². The fourth-order valence-corrected chi connectivity index (χ4v) is 11.1. The maximum Gasteiger partial charge on any atom is 0.306 e. The minimum absolute atomic E-state index is 0.158. The fraction of sp³-hybridized carbons (Fsp3) is 0.657. The van der Waals surface area contributed by atoms with Gasteiger partial charge >= 0.3 is 47.8 Å². The minimum atomic E-state index is -0.461. The molecule has 0 saturated heterocycles. The number of carbonyl (C=O) groups excluding carboxylic acids is 12. The van der Waals surface area contributed by atoms with Gasteiger partial charge in [0.2, 0.25) is 0 Å². The van der Waals surface area contributed by atoms with E-state index in [0.717, 1.165) is 22.3 Å². The number of nitrogens with one attached hydrogen (secondary N) is 4. The predicted molar refractivity (Wildman–Crippen MR) is 362 cm³/mol. The zero-order valence-corrected chi connectivity index (χ0v) is 59.1. The number of unbranched alkanes of at least 4 members (excludes halogenated alkanes) is 8. The van der Waals surface area contributed by atoms with Gasteiger partial charge < -0.3 is 78.8 Å². The second-order valence-electron chi connectivity index (χ2n) is 23.9. The summed E-state index contributed by atoms with van der Waals surface area (Å²) in [6.07, 6.45) is 9.77. The summed E-state index contributed by atoms with van der Waals surface area (Å²) >= 11 is 0. The number of fused-ring (bicyclic) bond motifs is 2. The molecule has 0 aromatic heterocycles. The fourth-order valence-electron chi connectivity index (χ4n) is 11.1. The largest absolute Gasteiger partial charge is 0.469 e. The van der Waals surface area contributed by atoms with Crippen molar-refractivity contribution in [1.82, 2.24) is 40.9 Å². The lowest BCUT2D eigenvalue weighted by Crippen LogP contribution is -2.32. The third-order valence-electron chi connectivity index (χ3n) is 17.0. The molecule has 4 N–H and O–H groups in total. The maximum atomic E-state index is 14.4. The average Bonchev–Trinajstić information content (AvgIpc) is 0.763. The van der Waals surface area contributed by atoms with Gasteiger partial charge in [-0.15, -0.1) is 0 Å². The first-order valence-corrected chi connectivity index (χ1v) is 34.1. The Hall–Kier alpha value is -8.08. The van der Waals surface area contributed by atoms with E-state index in [-0.39, 0.29) is 160 Å². The lowest BCUT2D eigenvalue weighted by Gasteiger charge is -2.24. The lowest BCUT2D eigenvalue weighted by molar-refractivity contribution is -0.142. The number of ether oxygens (including phenoxy) is 8. The molecule has 0 aliphatic heterocycles. The molecule has 0 heterocycles. The van der Waals surface area contributed by atoms with Crippen LogP contribution in [0.2, 0.25) is 0 Å². The van der Waals surface area contributed by atoms with Crippen molar-refractivity contribution >= 4 is 71.4 Å². The molecular formula is C70H108N8O20. The quantitative estimate of drug-likeness (QED) is 0.0343. The van der Waals surface area contributed by atoms with Gasteiger partial charge in [0.1, 0.15) is 0 Å². The summed E-state index contributed by atoms with van der Waals surface area (Å²) < 4.78 is 38.5. The highest BCUT2D eigenvalue weighted by atomic mass is 16.5. The molecule has 2 aromatic carbocycles. The van der Waals surface area contributed by atoms with Gasteiger partial charge in [-0.25, -0.2) is 0 Å². The van der Waals surface area contributed by atoms with Crippen molar-refractivity contribution in [3.8, 4) is 0 Å². The molecule has 0 fully saturated rings. The first kappa shape index (κ1) is 84.1. The SMILES string of the molecule is COC(=O)CCN(CCCCCNC(=O)c1cc2c(cc1C(=O)NCCCCCN(CCC(=O)OC)CCC(=O)OC)Cc1cc(C(=O)NCCCCCN(CCC(=O)OC)CCC(=O)OC)c(C(=O)NCCCCCN(CCC(=O)OC)CCC(=O)OC)cc1C2)CCC(=O)OC. The molecule has 0 bridgehead atoms. The Morgan fingerprint density at radius 2 is 0.418 bits per heavy atom. The Bertz CT molecular complexity index is 2430. The van der Waals surface area contributed by atoms with Gasteiger partial charge in [0.25, 0.3) is 23.6 Å². The molecule has 98 heavy (non-hydrogen) atoms. The monoisotopic (exact) mass is 1380 g/mol. The zero-order chi connectivity index (χ0) is 72.0. The standard InChI is InChI=1S/C70H108N8O20/c1-91-59(79)21-37-75(38-22-60(80)92-2)33-17-9-13-29-71-67(87)55-47-51-45-53-49-57(69(89)73-31-15-11-19-35-77(41-25-63(83)95-5)42-26-64(84)96-6)58(70(90)74-32-16-12-20-36-78(43-27-65(85)97-7)44-28-66(86)98-8)50-54(53)46-52(51)48-56(55)68(88)72-30-14-10-18-34-76(39-23-61(81)93-3)40-24-62(82)94-4/h47-50H,9-46H2,1-8H3,(H,71,87)(H,72,88)(H,73,89)(H,74,90). The van der Waals surface area contributed by atoms with Gasteiger partial charge in [-0.2, -0.15) is 0 Å². The van der Waals surface area contributed by atoms with Gasteiger partial charge in [-0.1, -0.05) is 25.7 Å². The van der Waals surface area contributed by atoms with Crippen molar-refractivity contribution in [2.45, 2.75) is 141 Å². The summed E-state index contributed by atoms with van der Waals surface area (Å²) in [7, 11) is 10.6. The molecule has 4 amide bonds. The van der Waals surface area contributed by atoms with Crippen LogP contribution in [0.5, 0.6) is 0 Å². The molecule has 1 aliphatic carbocycles. The number of nitrogens with zero attached hydrogens (tertiary/aromatic N) is 4. The normalized spacial score (nSPS) is 11.5. The Kier molecular flexibility index (Phi) is 42.4. The molecule has 3 rings (SSSR count). The molecule has 548 valence electrons. The van der Waals surface area contributed by atoms with Gasteiger partial charge in [0.15, 0.2) is 0 Å². The van der Waals surface area contributed by atoms with Crippen molar-refractivity contribution in [2.75, 3.05) is 162 Å². The summed E-state index contributed by atoms with van der Waals surface area (Å²) in [6, 6.07) is 6.91. The van der Waals surface area contributed by atoms with E-state index < -0.39 is 23.6 Å². The van der Waals surface area contributed by atoms with Crippen molar-refractivity contribution < 1.29 is 95.4 Å². The topological polar surface area (TPSA) is 340 Å². The van der Waals surface area contributed by atoms with E-state index in [1.165, 1.54) is 56.9 Å². The molecule has 0 radical (unpaired) electrons. The van der Waals surface area contributed by atoms with Crippen LogP contribution in [0.3, 0.4) is 0 Å². The summed E-state index contributed by atoms with van der Waals surface area (Å²) in [5.41, 5.74) is 3.66. The van der Waals surface area contributed by atoms with E-state index >= 15 is 0 Å². The van der Waals surface area contributed by atoms with E-state index in [0.29, 0.717) is 156 Å². The molecule has 0 atom stereocenters. The van der Waals surface area contributed by atoms with Crippen LogP contribution in [0, 0.1) is 0 Å². The molecular weight excluding hydrogens is 1270 g/mol. The maximum absolute atomic E-state index is 14.4. The smallest absolute Gasteiger partial charge is 0.306 e. The van der Waals surface area contributed by atoms with E-state index in [1.54, 1.807) is 24.3 Å². The summed E-state index contributed by atoms with van der Waals surface area (Å²) in [5, 5.41) is 12.1. The molecule has 1 aliphatic rings. The third-order valence-corrected chi connectivity index (χ3v) is 17.0.